The van der Waals surface area contributed by atoms with E-state index in [1.54, 1.807) is 32.2 Å². The minimum Gasteiger partial charge on any atom is -0.392 e. The van der Waals surface area contributed by atoms with Gasteiger partial charge < -0.3 is 9.84 Å². The van der Waals surface area contributed by atoms with Gasteiger partial charge in [-0.15, -0.1) is 0 Å². The molecule has 1 rings (SSSR count). The zero-order chi connectivity index (χ0) is 16.1. The van der Waals surface area contributed by atoms with Gasteiger partial charge in [0.1, 0.15) is 0 Å². The molecule has 1 aromatic carbocycles. The Labute approximate surface area is 127 Å². The molecule has 0 radical (unpaired) electrons. The van der Waals surface area contributed by atoms with Crippen molar-refractivity contribution in [3.05, 3.63) is 29.3 Å². The second-order valence-electron chi connectivity index (χ2n) is 5.93. The minimum absolute atomic E-state index is 0.172. The predicted molar refractivity (Wildman–Crippen MR) is 82.6 cm³/mol. The quantitative estimate of drug-likeness (QED) is 0.767. The number of aliphatic hydroxyl groups excluding tert-OH is 1. The Balaban J connectivity index is 2.88. The highest BCUT2D eigenvalue weighted by atomic mass is 32.2. The van der Waals surface area contributed by atoms with Crippen molar-refractivity contribution in [1.82, 2.24) is 4.72 Å². The molecule has 0 aliphatic carbocycles. The third-order valence-electron chi connectivity index (χ3n) is 3.58. The fourth-order valence-corrected chi connectivity index (χ4v) is 3.49. The van der Waals surface area contributed by atoms with Crippen LogP contribution in [0.4, 0.5) is 0 Å². The number of hydrogen-bond donors (Lipinski definition) is 2. The molecule has 6 heteroatoms. The van der Waals surface area contributed by atoms with Crippen molar-refractivity contribution >= 4 is 10.0 Å². The number of methoxy groups -OCH3 is 1. The smallest absolute Gasteiger partial charge is 0.240 e. The van der Waals surface area contributed by atoms with Crippen LogP contribution in [0.3, 0.4) is 0 Å². The SMILES string of the molecule is COCCC(C)(C)CNS(=O)(=O)c1cccc(CO)c1C. The maximum absolute atomic E-state index is 12.4. The van der Waals surface area contributed by atoms with Crippen molar-refractivity contribution in [2.24, 2.45) is 5.41 Å². The molecular formula is C15H25NO4S. The molecule has 0 unspecified atom stereocenters. The van der Waals surface area contributed by atoms with Crippen molar-refractivity contribution in [3.63, 3.8) is 0 Å². The monoisotopic (exact) mass is 315 g/mol. The van der Waals surface area contributed by atoms with Gasteiger partial charge in [0, 0.05) is 20.3 Å². The van der Waals surface area contributed by atoms with Crippen LogP contribution in [-0.4, -0.2) is 33.8 Å². The van der Waals surface area contributed by atoms with Crippen molar-refractivity contribution < 1.29 is 18.3 Å². The van der Waals surface area contributed by atoms with Gasteiger partial charge in [0.25, 0.3) is 0 Å². The molecule has 0 fully saturated rings. The molecule has 0 atom stereocenters. The molecule has 0 heterocycles. The molecule has 0 bridgehead atoms. The summed E-state index contributed by atoms with van der Waals surface area (Å²) in [6.45, 7) is 6.44. The van der Waals surface area contributed by atoms with Crippen molar-refractivity contribution in [2.45, 2.75) is 38.7 Å². The maximum Gasteiger partial charge on any atom is 0.240 e. The number of hydrogen-bond acceptors (Lipinski definition) is 4. The van der Waals surface area contributed by atoms with Gasteiger partial charge in [0.05, 0.1) is 11.5 Å². The van der Waals surface area contributed by atoms with E-state index in [0.717, 1.165) is 6.42 Å². The average molecular weight is 315 g/mol. The summed E-state index contributed by atoms with van der Waals surface area (Å²) >= 11 is 0. The minimum atomic E-state index is -3.58. The zero-order valence-electron chi connectivity index (χ0n) is 13.1. The number of aliphatic hydroxyl groups is 1. The van der Waals surface area contributed by atoms with Crippen LogP contribution in [0.1, 0.15) is 31.4 Å². The van der Waals surface area contributed by atoms with Crippen molar-refractivity contribution in [2.75, 3.05) is 20.3 Å². The molecule has 0 amide bonds. The zero-order valence-corrected chi connectivity index (χ0v) is 14.0. The molecule has 5 nitrogen and oxygen atoms in total. The highest BCUT2D eigenvalue weighted by Crippen LogP contribution is 2.22. The molecule has 0 aliphatic rings. The molecule has 21 heavy (non-hydrogen) atoms. The van der Waals surface area contributed by atoms with E-state index in [1.807, 2.05) is 13.8 Å². The van der Waals surface area contributed by atoms with Crippen LogP contribution in [0.15, 0.2) is 23.1 Å². The van der Waals surface area contributed by atoms with Gasteiger partial charge in [-0.25, -0.2) is 13.1 Å². The Hall–Kier alpha value is -0.950. The molecular weight excluding hydrogens is 290 g/mol. The standard InChI is InChI=1S/C15H25NO4S/c1-12-13(10-17)6-5-7-14(12)21(18,19)16-11-15(2,3)8-9-20-4/h5-7,16-17H,8-11H2,1-4H3. The molecule has 120 valence electrons. The summed E-state index contributed by atoms with van der Waals surface area (Å²) in [6, 6.07) is 4.92. The van der Waals surface area contributed by atoms with Gasteiger partial charge in [-0.1, -0.05) is 26.0 Å². The van der Waals surface area contributed by atoms with E-state index in [9.17, 15) is 13.5 Å². The molecule has 0 saturated heterocycles. The molecule has 0 aliphatic heterocycles. The van der Waals surface area contributed by atoms with Crippen LogP contribution in [0.2, 0.25) is 0 Å². The summed E-state index contributed by atoms with van der Waals surface area (Å²) in [5.41, 5.74) is 1.02. The first-order valence-corrected chi connectivity index (χ1v) is 8.40. The van der Waals surface area contributed by atoms with E-state index < -0.39 is 10.0 Å². The normalized spacial score (nSPS) is 12.6. The third-order valence-corrected chi connectivity index (χ3v) is 5.13. The predicted octanol–water partition coefficient (Wildman–Crippen LogP) is 1.83. The lowest BCUT2D eigenvalue weighted by atomic mass is 9.90. The summed E-state index contributed by atoms with van der Waals surface area (Å²) < 4.78 is 32.5. The maximum atomic E-state index is 12.4. The second kappa shape index (κ2) is 7.35. The van der Waals surface area contributed by atoms with E-state index in [4.69, 9.17) is 4.74 Å². The average Bonchev–Trinajstić information content (AvgIpc) is 2.43. The summed E-state index contributed by atoms with van der Waals surface area (Å²) in [6.07, 6.45) is 0.766. The molecule has 0 saturated carbocycles. The molecule has 0 aromatic heterocycles. The fraction of sp³-hybridized carbons (Fsp3) is 0.600. The van der Waals surface area contributed by atoms with E-state index in [0.29, 0.717) is 24.3 Å². The van der Waals surface area contributed by atoms with Crippen molar-refractivity contribution in [1.29, 1.82) is 0 Å². The first-order chi connectivity index (χ1) is 9.73. The Bertz CT molecular complexity index is 567. The number of ether oxygens (including phenoxy) is 1. The Kier molecular flexibility index (Phi) is 6.34. The highest BCUT2D eigenvalue weighted by molar-refractivity contribution is 7.89. The number of sulfonamides is 1. The van der Waals surface area contributed by atoms with E-state index in [-0.39, 0.29) is 16.9 Å². The van der Waals surface area contributed by atoms with Gasteiger partial charge in [-0.05, 0) is 36.0 Å². The van der Waals surface area contributed by atoms with Gasteiger partial charge >= 0.3 is 0 Å². The van der Waals surface area contributed by atoms with Crippen LogP contribution in [-0.2, 0) is 21.4 Å². The third kappa shape index (κ3) is 5.07. The van der Waals surface area contributed by atoms with Crippen LogP contribution in [0.25, 0.3) is 0 Å². The number of benzene rings is 1. The second-order valence-corrected chi connectivity index (χ2v) is 7.67. The summed E-state index contributed by atoms with van der Waals surface area (Å²) in [5, 5.41) is 9.24. The molecule has 0 spiro atoms. The Morgan fingerprint density at radius 1 is 1.33 bits per heavy atom. The van der Waals surface area contributed by atoms with E-state index in [1.165, 1.54) is 0 Å². The molecule has 2 N–H and O–H groups in total. The van der Waals surface area contributed by atoms with E-state index >= 15 is 0 Å². The summed E-state index contributed by atoms with van der Waals surface area (Å²) in [5.74, 6) is 0. The number of rotatable bonds is 8. The molecule has 1 aromatic rings. The first-order valence-electron chi connectivity index (χ1n) is 6.91. The van der Waals surface area contributed by atoms with Gasteiger partial charge in [-0.3, -0.25) is 0 Å². The van der Waals surface area contributed by atoms with Gasteiger partial charge in [-0.2, -0.15) is 0 Å². The largest absolute Gasteiger partial charge is 0.392 e. The summed E-state index contributed by atoms with van der Waals surface area (Å²) in [4.78, 5) is 0.219. The fourth-order valence-electron chi connectivity index (χ4n) is 1.96. The topological polar surface area (TPSA) is 75.6 Å². The van der Waals surface area contributed by atoms with Crippen LogP contribution in [0.5, 0.6) is 0 Å². The van der Waals surface area contributed by atoms with Gasteiger partial charge in [0.15, 0.2) is 0 Å². The van der Waals surface area contributed by atoms with Crippen LogP contribution in [0, 0.1) is 12.3 Å². The number of nitrogens with one attached hydrogen (secondary N) is 1. The lowest BCUT2D eigenvalue weighted by molar-refractivity contribution is 0.153. The van der Waals surface area contributed by atoms with E-state index in [2.05, 4.69) is 4.72 Å². The van der Waals surface area contributed by atoms with Gasteiger partial charge in [0.2, 0.25) is 10.0 Å². The Morgan fingerprint density at radius 3 is 2.57 bits per heavy atom. The van der Waals surface area contributed by atoms with Crippen LogP contribution < -0.4 is 4.72 Å². The highest BCUT2D eigenvalue weighted by Gasteiger charge is 2.23. The Morgan fingerprint density at radius 2 is 2.00 bits per heavy atom. The first kappa shape index (κ1) is 18.1. The lowest BCUT2D eigenvalue weighted by Crippen LogP contribution is -2.35. The van der Waals surface area contributed by atoms with Crippen LogP contribution >= 0.6 is 0 Å². The summed E-state index contributed by atoms with van der Waals surface area (Å²) in [7, 11) is -1.95. The lowest BCUT2D eigenvalue weighted by Gasteiger charge is -2.24. The van der Waals surface area contributed by atoms with Crippen molar-refractivity contribution in [3.8, 4) is 0 Å².